The van der Waals surface area contributed by atoms with E-state index in [0.29, 0.717) is 0 Å². The molecule has 0 aromatic rings. The molecule has 0 aromatic heterocycles. The summed E-state index contributed by atoms with van der Waals surface area (Å²) >= 11 is 0. The lowest BCUT2D eigenvalue weighted by Gasteiger charge is -2.33. The third-order valence-electron chi connectivity index (χ3n) is 2.67. The molecule has 1 heterocycles. The summed E-state index contributed by atoms with van der Waals surface area (Å²) in [5.41, 5.74) is 5.16. The maximum absolute atomic E-state index is 11.8. The van der Waals surface area contributed by atoms with Gasteiger partial charge in [0, 0.05) is 6.04 Å². The van der Waals surface area contributed by atoms with Gasteiger partial charge in [0.1, 0.15) is 0 Å². The van der Waals surface area contributed by atoms with E-state index in [1.165, 1.54) is 6.08 Å². The van der Waals surface area contributed by atoms with Crippen LogP contribution in [0.4, 0.5) is 0 Å². The van der Waals surface area contributed by atoms with Gasteiger partial charge in [-0.3, -0.25) is 9.59 Å². The molecule has 0 aliphatic carbocycles. The molecule has 1 aliphatic rings. The van der Waals surface area contributed by atoms with Crippen molar-refractivity contribution in [2.24, 2.45) is 5.73 Å². The first-order chi connectivity index (χ1) is 7.65. The molecular formula is C11H19N3O2. The maximum atomic E-state index is 11.8. The summed E-state index contributed by atoms with van der Waals surface area (Å²) in [5.74, 6) is -0.593. The van der Waals surface area contributed by atoms with Crippen molar-refractivity contribution in [3.8, 4) is 0 Å². The van der Waals surface area contributed by atoms with Gasteiger partial charge in [0.2, 0.25) is 11.8 Å². The number of amides is 2. The third-order valence-corrected chi connectivity index (χ3v) is 2.67. The second-order valence-electron chi connectivity index (χ2n) is 3.91. The van der Waals surface area contributed by atoms with Crippen molar-refractivity contribution in [3.63, 3.8) is 0 Å². The molecule has 0 bridgehead atoms. The Morgan fingerprint density at radius 2 is 2.06 bits per heavy atom. The molecule has 0 saturated carbocycles. The summed E-state index contributed by atoms with van der Waals surface area (Å²) < 4.78 is 0. The molecule has 1 saturated heterocycles. The molecule has 5 heteroatoms. The van der Waals surface area contributed by atoms with Crippen molar-refractivity contribution in [1.82, 2.24) is 10.2 Å². The van der Waals surface area contributed by atoms with Gasteiger partial charge in [0.15, 0.2) is 0 Å². The zero-order valence-electron chi connectivity index (χ0n) is 9.61. The van der Waals surface area contributed by atoms with Gasteiger partial charge in [0.05, 0.1) is 6.54 Å². The highest BCUT2D eigenvalue weighted by molar-refractivity contribution is 5.91. The zero-order chi connectivity index (χ0) is 12.0. The average Bonchev–Trinajstić information content (AvgIpc) is 2.27. The third kappa shape index (κ3) is 3.66. The summed E-state index contributed by atoms with van der Waals surface area (Å²) in [6, 6.07) is 0.123. The standard InChI is InChI=1S/C11H19N3O2/c1-2-3-11(16)14(8-10(12)15)9-4-6-13-7-5-9/h2-3,9,13H,4-8H2,1H3,(H2,12,15). The first kappa shape index (κ1) is 12.7. The number of nitrogens with two attached hydrogens (primary N) is 1. The second-order valence-corrected chi connectivity index (χ2v) is 3.91. The molecule has 0 atom stereocenters. The lowest BCUT2D eigenvalue weighted by Crippen LogP contribution is -2.48. The van der Waals surface area contributed by atoms with Gasteiger partial charge in [-0.05, 0) is 38.9 Å². The lowest BCUT2D eigenvalue weighted by molar-refractivity contribution is -0.133. The van der Waals surface area contributed by atoms with Crippen molar-refractivity contribution in [3.05, 3.63) is 12.2 Å². The van der Waals surface area contributed by atoms with Crippen molar-refractivity contribution in [2.45, 2.75) is 25.8 Å². The van der Waals surface area contributed by atoms with Crippen LogP contribution in [0, 0.1) is 0 Å². The van der Waals surface area contributed by atoms with E-state index in [-0.39, 0.29) is 18.5 Å². The van der Waals surface area contributed by atoms with Crippen LogP contribution in [0.1, 0.15) is 19.8 Å². The summed E-state index contributed by atoms with van der Waals surface area (Å²) in [7, 11) is 0. The number of primary amides is 1. The van der Waals surface area contributed by atoms with Crippen LogP contribution in [0.25, 0.3) is 0 Å². The molecule has 1 fully saturated rings. The van der Waals surface area contributed by atoms with Crippen LogP contribution in [0.15, 0.2) is 12.2 Å². The molecule has 0 radical (unpaired) electrons. The molecule has 0 aromatic carbocycles. The van der Waals surface area contributed by atoms with Crippen molar-refractivity contribution >= 4 is 11.8 Å². The summed E-state index contributed by atoms with van der Waals surface area (Å²) in [6.45, 7) is 3.54. The summed E-state index contributed by atoms with van der Waals surface area (Å²) in [6.07, 6.45) is 4.90. The largest absolute Gasteiger partial charge is 0.368 e. The molecule has 16 heavy (non-hydrogen) atoms. The van der Waals surface area contributed by atoms with E-state index in [4.69, 9.17) is 5.73 Å². The van der Waals surface area contributed by atoms with Gasteiger partial charge in [-0.1, -0.05) is 6.08 Å². The number of nitrogens with zero attached hydrogens (tertiary/aromatic N) is 1. The highest BCUT2D eigenvalue weighted by Crippen LogP contribution is 2.12. The SMILES string of the molecule is CC=CC(=O)N(CC(N)=O)C1CCNCC1. The van der Waals surface area contributed by atoms with Crippen LogP contribution >= 0.6 is 0 Å². The van der Waals surface area contributed by atoms with E-state index in [1.807, 2.05) is 0 Å². The van der Waals surface area contributed by atoms with Crippen LogP contribution in [-0.2, 0) is 9.59 Å². The van der Waals surface area contributed by atoms with E-state index >= 15 is 0 Å². The van der Waals surface area contributed by atoms with Crippen LogP contribution in [0.3, 0.4) is 0 Å². The monoisotopic (exact) mass is 225 g/mol. The van der Waals surface area contributed by atoms with E-state index in [0.717, 1.165) is 25.9 Å². The molecule has 5 nitrogen and oxygen atoms in total. The molecule has 1 rings (SSSR count). The quantitative estimate of drug-likeness (QED) is 0.641. The predicted octanol–water partition coefficient (Wildman–Crippen LogP) is -0.372. The minimum Gasteiger partial charge on any atom is -0.368 e. The maximum Gasteiger partial charge on any atom is 0.246 e. The number of carbonyl (C=O) groups is 2. The number of rotatable bonds is 4. The van der Waals surface area contributed by atoms with Crippen molar-refractivity contribution in [1.29, 1.82) is 0 Å². The Morgan fingerprint density at radius 3 is 2.56 bits per heavy atom. The van der Waals surface area contributed by atoms with Crippen molar-refractivity contribution < 1.29 is 9.59 Å². The van der Waals surface area contributed by atoms with Gasteiger partial charge >= 0.3 is 0 Å². The topological polar surface area (TPSA) is 75.4 Å². The molecule has 0 spiro atoms. The van der Waals surface area contributed by atoms with Gasteiger partial charge in [-0.2, -0.15) is 0 Å². The Kier molecular flexibility index (Phi) is 4.98. The Morgan fingerprint density at radius 1 is 1.44 bits per heavy atom. The highest BCUT2D eigenvalue weighted by atomic mass is 16.2. The molecular weight excluding hydrogens is 206 g/mol. The van der Waals surface area contributed by atoms with Crippen molar-refractivity contribution in [2.75, 3.05) is 19.6 Å². The molecule has 1 aliphatic heterocycles. The predicted molar refractivity (Wildman–Crippen MR) is 61.6 cm³/mol. The van der Waals surface area contributed by atoms with Gasteiger partial charge in [-0.15, -0.1) is 0 Å². The average molecular weight is 225 g/mol. The highest BCUT2D eigenvalue weighted by Gasteiger charge is 2.24. The molecule has 3 N–H and O–H groups in total. The summed E-state index contributed by atoms with van der Waals surface area (Å²) in [4.78, 5) is 24.3. The number of nitrogens with one attached hydrogen (secondary N) is 1. The fourth-order valence-corrected chi connectivity index (χ4v) is 1.91. The fourth-order valence-electron chi connectivity index (χ4n) is 1.91. The van der Waals surface area contributed by atoms with Crippen LogP contribution in [-0.4, -0.2) is 42.4 Å². The van der Waals surface area contributed by atoms with Crippen LogP contribution < -0.4 is 11.1 Å². The van der Waals surface area contributed by atoms with Crippen LogP contribution in [0.5, 0.6) is 0 Å². The van der Waals surface area contributed by atoms with E-state index in [1.54, 1.807) is 17.9 Å². The number of hydrogen-bond donors (Lipinski definition) is 2. The number of hydrogen-bond acceptors (Lipinski definition) is 3. The minimum absolute atomic E-state index is 0.00778. The van der Waals surface area contributed by atoms with Gasteiger partial charge in [-0.25, -0.2) is 0 Å². The second kappa shape index (κ2) is 6.27. The summed E-state index contributed by atoms with van der Waals surface area (Å²) in [5, 5.41) is 3.22. The molecule has 0 unspecified atom stereocenters. The van der Waals surface area contributed by atoms with E-state index < -0.39 is 5.91 Å². The fraction of sp³-hybridized carbons (Fsp3) is 0.636. The van der Waals surface area contributed by atoms with Gasteiger partial charge in [0.25, 0.3) is 0 Å². The number of piperidine rings is 1. The van der Waals surface area contributed by atoms with Crippen LogP contribution in [0.2, 0.25) is 0 Å². The Hall–Kier alpha value is -1.36. The zero-order valence-corrected chi connectivity index (χ0v) is 9.61. The lowest BCUT2D eigenvalue weighted by atomic mass is 10.0. The minimum atomic E-state index is -0.462. The number of carbonyl (C=O) groups excluding carboxylic acids is 2. The smallest absolute Gasteiger partial charge is 0.246 e. The first-order valence-corrected chi connectivity index (χ1v) is 5.57. The van der Waals surface area contributed by atoms with E-state index in [9.17, 15) is 9.59 Å². The molecule has 2 amide bonds. The normalized spacial score (nSPS) is 17.6. The Balaban J connectivity index is 2.68. The first-order valence-electron chi connectivity index (χ1n) is 5.57. The van der Waals surface area contributed by atoms with Gasteiger partial charge < -0.3 is 16.0 Å². The number of allylic oxidation sites excluding steroid dienone is 1. The Labute approximate surface area is 95.7 Å². The molecule has 90 valence electrons. The van der Waals surface area contributed by atoms with E-state index in [2.05, 4.69) is 5.32 Å². The Bertz CT molecular complexity index is 283.